The Morgan fingerprint density at radius 2 is 1.69 bits per heavy atom. The smallest absolute Gasteiger partial charge is 0.446 e. The fourth-order valence-electron chi connectivity index (χ4n) is 3.01. The molecular formula is C25H23F3N4O3. The van der Waals surface area contributed by atoms with Gasteiger partial charge in [-0.2, -0.15) is 0 Å². The van der Waals surface area contributed by atoms with E-state index in [1.807, 2.05) is 37.3 Å². The zero-order valence-electron chi connectivity index (χ0n) is 18.7. The number of carbonyl (C=O) groups excluding carboxylic acids is 1. The molecule has 0 spiro atoms. The standard InChI is InChI=1S/C25H23F3N4O3/c1-17(15-18-5-3-2-4-6-18)34-24(33)32-21-9-7-19(8-10-21)23(29)31-16-30-20-11-13-22(14-12-20)35-25(26,27)28/h2-14,16-17H,15H2,1H3,(H,32,33)(H2,29,30,31). The minimum atomic E-state index is -4.75. The monoisotopic (exact) mass is 484 g/mol. The summed E-state index contributed by atoms with van der Waals surface area (Å²) in [4.78, 5) is 20.2. The lowest BCUT2D eigenvalue weighted by atomic mass is 10.1. The Morgan fingerprint density at radius 3 is 2.31 bits per heavy atom. The lowest BCUT2D eigenvalue weighted by molar-refractivity contribution is -0.274. The van der Waals surface area contributed by atoms with Crippen LogP contribution < -0.4 is 15.8 Å². The third-order valence-electron chi connectivity index (χ3n) is 4.58. The number of anilines is 1. The zero-order valence-corrected chi connectivity index (χ0v) is 18.7. The normalized spacial score (nSPS) is 12.9. The molecule has 7 nitrogen and oxygen atoms in total. The van der Waals surface area contributed by atoms with Crippen LogP contribution in [-0.4, -0.2) is 30.7 Å². The van der Waals surface area contributed by atoms with Crippen molar-refractivity contribution in [2.24, 2.45) is 15.7 Å². The van der Waals surface area contributed by atoms with Gasteiger partial charge in [0.05, 0.1) is 5.69 Å². The maximum Gasteiger partial charge on any atom is 0.573 e. The van der Waals surface area contributed by atoms with E-state index in [0.29, 0.717) is 23.4 Å². The van der Waals surface area contributed by atoms with E-state index in [4.69, 9.17) is 10.5 Å². The average molecular weight is 484 g/mol. The summed E-state index contributed by atoms with van der Waals surface area (Å²) in [5.41, 5.74) is 8.49. The molecule has 3 aromatic rings. The number of halogens is 3. The molecule has 1 atom stereocenters. The Bertz CT molecular complexity index is 1160. The SMILES string of the molecule is CC(Cc1ccccc1)OC(=O)Nc1ccc(C(N)=NC=Nc2ccc(OC(F)(F)F)cc2)cc1. The first-order chi connectivity index (χ1) is 16.7. The lowest BCUT2D eigenvalue weighted by Crippen LogP contribution is -2.22. The highest BCUT2D eigenvalue weighted by Crippen LogP contribution is 2.24. The van der Waals surface area contributed by atoms with Gasteiger partial charge in [-0.05, 0) is 61.0 Å². The second kappa shape index (κ2) is 11.7. The molecule has 1 unspecified atom stereocenters. The summed E-state index contributed by atoms with van der Waals surface area (Å²) in [6.45, 7) is 1.82. The Balaban J connectivity index is 1.50. The van der Waals surface area contributed by atoms with Crippen LogP contribution in [0.2, 0.25) is 0 Å². The van der Waals surface area contributed by atoms with Crippen molar-refractivity contribution >= 4 is 29.6 Å². The van der Waals surface area contributed by atoms with E-state index >= 15 is 0 Å². The molecule has 3 aromatic carbocycles. The van der Waals surface area contributed by atoms with Crippen molar-refractivity contribution in [1.29, 1.82) is 0 Å². The average Bonchev–Trinajstić information content (AvgIpc) is 2.80. The van der Waals surface area contributed by atoms with Crippen LogP contribution >= 0.6 is 0 Å². The van der Waals surface area contributed by atoms with Gasteiger partial charge >= 0.3 is 12.5 Å². The number of nitrogens with one attached hydrogen (secondary N) is 1. The van der Waals surface area contributed by atoms with Crippen LogP contribution in [0.25, 0.3) is 0 Å². The number of hydrogen-bond donors (Lipinski definition) is 2. The van der Waals surface area contributed by atoms with Gasteiger partial charge in [0.15, 0.2) is 0 Å². The van der Waals surface area contributed by atoms with Gasteiger partial charge in [-0.3, -0.25) is 5.32 Å². The molecule has 0 saturated carbocycles. The minimum Gasteiger partial charge on any atom is -0.446 e. The summed E-state index contributed by atoms with van der Waals surface area (Å²) in [5, 5.41) is 2.66. The molecule has 0 heterocycles. The molecule has 10 heteroatoms. The molecule has 0 aromatic heterocycles. The number of ether oxygens (including phenoxy) is 2. The third-order valence-corrected chi connectivity index (χ3v) is 4.58. The van der Waals surface area contributed by atoms with Gasteiger partial charge in [0.1, 0.15) is 24.0 Å². The van der Waals surface area contributed by atoms with Gasteiger partial charge in [0.2, 0.25) is 0 Å². The number of nitrogens with two attached hydrogens (primary N) is 1. The van der Waals surface area contributed by atoms with E-state index in [1.54, 1.807) is 24.3 Å². The Hall–Kier alpha value is -4.34. The van der Waals surface area contributed by atoms with Gasteiger partial charge in [-0.1, -0.05) is 30.3 Å². The van der Waals surface area contributed by atoms with Crippen molar-refractivity contribution in [2.75, 3.05) is 5.32 Å². The highest BCUT2D eigenvalue weighted by atomic mass is 19.4. The van der Waals surface area contributed by atoms with E-state index in [1.165, 1.54) is 18.5 Å². The molecule has 3 N–H and O–H groups in total. The van der Waals surface area contributed by atoms with Crippen LogP contribution in [0, 0.1) is 0 Å². The van der Waals surface area contributed by atoms with Crippen molar-refractivity contribution in [2.45, 2.75) is 25.8 Å². The first-order valence-corrected chi connectivity index (χ1v) is 10.5. The van der Waals surface area contributed by atoms with Crippen molar-refractivity contribution < 1.29 is 27.4 Å². The number of amides is 1. The Kier molecular flexibility index (Phi) is 8.44. The second-order valence-corrected chi connectivity index (χ2v) is 7.41. The summed E-state index contributed by atoms with van der Waals surface area (Å²) < 4.78 is 45.8. The van der Waals surface area contributed by atoms with E-state index in [9.17, 15) is 18.0 Å². The number of carbonyl (C=O) groups is 1. The number of amidine groups is 1. The van der Waals surface area contributed by atoms with E-state index in [2.05, 4.69) is 20.0 Å². The van der Waals surface area contributed by atoms with Crippen LogP contribution in [0.15, 0.2) is 88.8 Å². The molecule has 0 aliphatic carbocycles. The summed E-state index contributed by atoms with van der Waals surface area (Å²) in [5.74, 6) is -0.181. The van der Waals surface area contributed by atoms with Crippen molar-refractivity contribution in [1.82, 2.24) is 0 Å². The predicted octanol–water partition coefficient (Wildman–Crippen LogP) is 5.83. The topological polar surface area (TPSA) is 98.3 Å². The van der Waals surface area contributed by atoms with Gasteiger partial charge in [0, 0.05) is 17.7 Å². The molecule has 35 heavy (non-hydrogen) atoms. The molecule has 0 aliphatic rings. The highest BCUT2D eigenvalue weighted by molar-refractivity contribution is 6.01. The fourth-order valence-corrected chi connectivity index (χ4v) is 3.01. The molecule has 3 rings (SSSR count). The third kappa shape index (κ3) is 8.84. The van der Waals surface area contributed by atoms with E-state index < -0.39 is 12.5 Å². The molecule has 0 bridgehead atoms. The molecule has 0 fully saturated rings. The molecule has 0 radical (unpaired) electrons. The summed E-state index contributed by atoms with van der Waals surface area (Å²) in [7, 11) is 0. The summed E-state index contributed by atoms with van der Waals surface area (Å²) >= 11 is 0. The van der Waals surface area contributed by atoms with Crippen molar-refractivity contribution in [3.8, 4) is 5.75 Å². The predicted molar refractivity (Wildman–Crippen MR) is 128 cm³/mol. The number of alkyl halides is 3. The van der Waals surface area contributed by atoms with Crippen LogP contribution in [0.4, 0.5) is 29.3 Å². The molecular weight excluding hydrogens is 461 g/mol. The van der Waals surface area contributed by atoms with Gasteiger partial charge < -0.3 is 15.2 Å². The number of hydrogen-bond acceptors (Lipinski definition) is 4. The number of rotatable bonds is 8. The van der Waals surface area contributed by atoms with Crippen LogP contribution in [0.1, 0.15) is 18.1 Å². The highest BCUT2D eigenvalue weighted by Gasteiger charge is 2.30. The molecule has 182 valence electrons. The van der Waals surface area contributed by atoms with Crippen molar-refractivity contribution in [3.05, 3.63) is 90.0 Å². The number of nitrogens with zero attached hydrogens (tertiary/aromatic N) is 2. The zero-order chi connectivity index (χ0) is 25.3. The first kappa shape index (κ1) is 25.3. The first-order valence-electron chi connectivity index (χ1n) is 10.5. The molecule has 1 amide bonds. The van der Waals surface area contributed by atoms with Gasteiger partial charge in [-0.25, -0.2) is 14.8 Å². The number of aliphatic imine (C=N–C) groups is 2. The quantitative estimate of drug-likeness (QED) is 0.310. The minimum absolute atomic E-state index is 0.163. The second-order valence-electron chi connectivity index (χ2n) is 7.41. The van der Waals surface area contributed by atoms with Crippen LogP contribution in [0.5, 0.6) is 5.75 Å². The lowest BCUT2D eigenvalue weighted by Gasteiger charge is -2.14. The largest absolute Gasteiger partial charge is 0.573 e. The van der Waals surface area contributed by atoms with Crippen LogP contribution in [0.3, 0.4) is 0 Å². The van der Waals surface area contributed by atoms with E-state index in [-0.39, 0.29) is 17.7 Å². The molecule has 0 saturated heterocycles. The van der Waals surface area contributed by atoms with Crippen LogP contribution in [-0.2, 0) is 11.2 Å². The van der Waals surface area contributed by atoms with Crippen molar-refractivity contribution in [3.63, 3.8) is 0 Å². The summed E-state index contributed by atoms with van der Waals surface area (Å²) in [6.07, 6.45) is -3.83. The molecule has 0 aliphatic heterocycles. The van der Waals surface area contributed by atoms with Gasteiger partial charge in [0.25, 0.3) is 0 Å². The summed E-state index contributed by atoms with van der Waals surface area (Å²) in [6, 6.07) is 21.3. The number of benzene rings is 3. The maximum absolute atomic E-state index is 12.2. The van der Waals surface area contributed by atoms with Gasteiger partial charge in [-0.15, -0.1) is 13.2 Å². The Morgan fingerprint density at radius 1 is 1.03 bits per heavy atom. The fraction of sp³-hybridized carbons (Fsp3) is 0.160. The Labute approximate surface area is 200 Å². The maximum atomic E-state index is 12.2. The van der Waals surface area contributed by atoms with E-state index in [0.717, 1.165) is 17.7 Å².